The molecule has 0 spiro atoms. The molecular weight excluding hydrogens is 318 g/mol. The Hall–Kier alpha value is -2.25. The highest BCUT2D eigenvalue weighted by atomic mass is 16.5. The van der Waals surface area contributed by atoms with Crippen molar-refractivity contribution in [3.05, 3.63) is 53.9 Å². The Morgan fingerprint density at radius 2 is 1.80 bits per heavy atom. The van der Waals surface area contributed by atoms with Crippen molar-refractivity contribution in [1.82, 2.24) is 15.6 Å². The fraction of sp³-hybridized carbons (Fsp3) is 0.316. The van der Waals surface area contributed by atoms with E-state index in [1.807, 2.05) is 12.1 Å². The molecule has 3 heterocycles. The molecule has 2 atom stereocenters. The molecule has 25 heavy (non-hydrogen) atoms. The van der Waals surface area contributed by atoms with Gasteiger partial charge in [0.15, 0.2) is 0 Å². The van der Waals surface area contributed by atoms with Gasteiger partial charge in [-0.25, -0.2) is 4.98 Å². The number of hydrogen-bond acceptors (Lipinski definition) is 6. The largest absolute Gasteiger partial charge is 0.445 e. The lowest BCUT2D eigenvalue weighted by Crippen LogP contribution is -2.19. The number of oxazole rings is 1. The predicted molar refractivity (Wildman–Crippen MR) is 92.8 cm³/mol. The molecule has 1 aromatic heterocycles. The van der Waals surface area contributed by atoms with E-state index in [0.29, 0.717) is 19.1 Å². The second-order valence-corrected chi connectivity index (χ2v) is 6.22. The van der Waals surface area contributed by atoms with Gasteiger partial charge >= 0.3 is 0 Å². The Morgan fingerprint density at radius 3 is 2.52 bits per heavy atom. The van der Waals surface area contributed by atoms with Gasteiger partial charge in [-0.3, -0.25) is 10.6 Å². The maximum atomic E-state index is 5.96. The molecule has 0 radical (unpaired) electrons. The van der Waals surface area contributed by atoms with E-state index in [9.17, 15) is 0 Å². The van der Waals surface area contributed by atoms with Gasteiger partial charge in [-0.2, -0.15) is 0 Å². The minimum Gasteiger partial charge on any atom is -0.445 e. The molecule has 128 valence electrons. The summed E-state index contributed by atoms with van der Waals surface area (Å²) in [6.07, 6.45) is 2.91. The number of benzene rings is 2. The van der Waals surface area contributed by atoms with Crippen molar-refractivity contribution >= 4 is 10.8 Å². The van der Waals surface area contributed by atoms with E-state index < -0.39 is 0 Å². The first-order valence-electron chi connectivity index (χ1n) is 8.57. The third kappa shape index (κ3) is 2.54. The van der Waals surface area contributed by atoms with Gasteiger partial charge in [0, 0.05) is 24.2 Å². The molecule has 6 heteroatoms. The molecule has 2 fully saturated rings. The average Bonchev–Trinajstić information content (AvgIpc) is 3.43. The lowest BCUT2D eigenvalue weighted by atomic mass is 9.92. The second kappa shape index (κ2) is 6.24. The fourth-order valence-electron chi connectivity index (χ4n) is 3.70. The summed E-state index contributed by atoms with van der Waals surface area (Å²) in [4.78, 5) is 4.42. The maximum absolute atomic E-state index is 5.96. The van der Waals surface area contributed by atoms with Gasteiger partial charge in [-0.15, -0.1) is 0 Å². The van der Waals surface area contributed by atoms with Crippen LogP contribution in [0.3, 0.4) is 0 Å². The molecule has 5 rings (SSSR count). The summed E-state index contributed by atoms with van der Waals surface area (Å²) >= 11 is 0. The minimum atomic E-state index is -0.187. The Morgan fingerprint density at radius 1 is 1.00 bits per heavy atom. The van der Waals surface area contributed by atoms with Crippen LogP contribution in [0.25, 0.3) is 22.2 Å². The number of nitrogens with zero attached hydrogens (tertiary/aromatic N) is 1. The molecule has 2 aliphatic heterocycles. The van der Waals surface area contributed by atoms with Gasteiger partial charge in [0.25, 0.3) is 0 Å². The van der Waals surface area contributed by atoms with Crippen LogP contribution in [0.4, 0.5) is 0 Å². The predicted octanol–water partition coefficient (Wildman–Crippen LogP) is 2.73. The second-order valence-electron chi connectivity index (χ2n) is 6.22. The summed E-state index contributed by atoms with van der Waals surface area (Å²) in [5.74, 6) is 0.588. The Bertz CT molecular complexity index is 882. The molecule has 0 saturated carbocycles. The molecule has 3 aromatic rings. The van der Waals surface area contributed by atoms with Crippen molar-refractivity contribution in [2.75, 3.05) is 26.3 Å². The molecule has 2 N–H and O–H groups in total. The lowest BCUT2D eigenvalue weighted by molar-refractivity contribution is 0.0982. The summed E-state index contributed by atoms with van der Waals surface area (Å²) in [5.41, 5.74) is 3.04. The third-order valence-electron chi connectivity index (χ3n) is 4.74. The normalized spacial score (nSPS) is 23.5. The van der Waals surface area contributed by atoms with Crippen LogP contribution >= 0.6 is 0 Å². The minimum absolute atomic E-state index is 0.174. The van der Waals surface area contributed by atoms with Crippen molar-refractivity contribution in [3.63, 3.8) is 0 Å². The quantitative estimate of drug-likeness (QED) is 0.766. The van der Waals surface area contributed by atoms with Gasteiger partial charge < -0.3 is 13.9 Å². The molecule has 2 aliphatic rings. The summed E-state index contributed by atoms with van der Waals surface area (Å²) in [5, 5.41) is 9.12. The van der Waals surface area contributed by atoms with E-state index in [0.717, 1.165) is 40.6 Å². The van der Waals surface area contributed by atoms with Gasteiger partial charge in [0.2, 0.25) is 5.89 Å². The van der Waals surface area contributed by atoms with Crippen molar-refractivity contribution in [2.45, 2.75) is 12.5 Å². The highest BCUT2D eigenvalue weighted by Crippen LogP contribution is 2.41. The fourth-order valence-corrected chi connectivity index (χ4v) is 3.70. The summed E-state index contributed by atoms with van der Waals surface area (Å²) in [6.45, 7) is 3.03. The number of hydrogen-bond donors (Lipinski definition) is 2. The van der Waals surface area contributed by atoms with Gasteiger partial charge in [0.05, 0.1) is 25.0 Å². The van der Waals surface area contributed by atoms with Crippen LogP contribution in [0, 0.1) is 0 Å². The summed E-state index contributed by atoms with van der Waals surface area (Å²) < 4.78 is 17.6. The SMILES string of the molecule is c1ccc2c(C3NCCO3)c(-c3ncco3)c(C3NCCO3)cc2c1. The third-order valence-corrected chi connectivity index (χ3v) is 4.74. The van der Waals surface area contributed by atoms with E-state index in [1.165, 1.54) is 0 Å². The number of fused-ring (bicyclic) bond motifs is 1. The van der Waals surface area contributed by atoms with Gasteiger partial charge in [-0.1, -0.05) is 24.3 Å². The van der Waals surface area contributed by atoms with Crippen LogP contribution in [-0.4, -0.2) is 31.3 Å². The van der Waals surface area contributed by atoms with E-state index >= 15 is 0 Å². The van der Waals surface area contributed by atoms with E-state index in [1.54, 1.807) is 12.5 Å². The highest BCUT2D eigenvalue weighted by molar-refractivity contribution is 5.93. The van der Waals surface area contributed by atoms with Crippen LogP contribution in [0.2, 0.25) is 0 Å². The molecule has 6 nitrogen and oxygen atoms in total. The van der Waals surface area contributed by atoms with Crippen LogP contribution in [0.5, 0.6) is 0 Å². The van der Waals surface area contributed by atoms with E-state index in [-0.39, 0.29) is 12.5 Å². The summed E-state index contributed by atoms with van der Waals surface area (Å²) in [6, 6.07) is 10.5. The smallest absolute Gasteiger partial charge is 0.226 e. The standard InChI is InChI=1S/C19H19N3O3/c1-2-4-13-12(3-1)11-14(17-20-5-8-23-17)16(19-22-7-10-25-19)15(13)18-21-6-9-24-18/h1-4,7,10-11,17-18,20-21H,5-6,8-9H2. The zero-order chi connectivity index (χ0) is 16.6. The molecular formula is C19H19N3O3. The number of nitrogens with one attached hydrogen (secondary N) is 2. The van der Waals surface area contributed by atoms with Crippen molar-refractivity contribution in [2.24, 2.45) is 0 Å². The van der Waals surface area contributed by atoms with Gasteiger partial charge in [0.1, 0.15) is 18.7 Å². The average molecular weight is 337 g/mol. The zero-order valence-electron chi connectivity index (χ0n) is 13.7. The van der Waals surface area contributed by atoms with Crippen LogP contribution in [0.15, 0.2) is 47.2 Å². The summed E-state index contributed by atoms with van der Waals surface area (Å²) in [7, 11) is 0. The molecule has 0 aliphatic carbocycles. The first kappa shape index (κ1) is 15.0. The Balaban J connectivity index is 1.83. The number of aromatic nitrogens is 1. The number of ether oxygens (including phenoxy) is 2. The molecule has 0 bridgehead atoms. The Labute approximate surface area is 145 Å². The van der Waals surface area contributed by atoms with Crippen molar-refractivity contribution < 1.29 is 13.9 Å². The Kier molecular flexibility index (Phi) is 3.75. The first-order chi connectivity index (χ1) is 12.4. The van der Waals surface area contributed by atoms with Crippen LogP contribution < -0.4 is 10.6 Å². The van der Waals surface area contributed by atoms with E-state index in [2.05, 4.69) is 33.8 Å². The topological polar surface area (TPSA) is 68.5 Å². The lowest BCUT2D eigenvalue weighted by Gasteiger charge is -2.22. The number of rotatable bonds is 3. The van der Waals surface area contributed by atoms with Crippen LogP contribution in [-0.2, 0) is 9.47 Å². The van der Waals surface area contributed by atoms with Gasteiger partial charge in [-0.05, 0) is 16.8 Å². The molecule has 2 saturated heterocycles. The molecule has 2 aromatic carbocycles. The highest BCUT2D eigenvalue weighted by Gasteiger charge is 2.31. The molecule has 2 unspecified atom stereocenters. The first-order valence-corrected chi connectivity index (χ1v) is 8.57. The maximum Gasteiger partial charge on any atom is 0.226 e. The monoisotopic (exact) mass is 337 g/mol. The van der Waals surface area contributed by atoms with Crippen molar-refractivity contribution in [1.29, 1.82) is 0 Å². The van der Waals surface area contributed by atoms with E-state index in [4.69, 9.17) is 13.9 Å². The van der Waals surface area contributed by atoms with Crippen LogP contribution in [0.1, 0.15) is 23.6 Å². The van der Waals surface area contributed by atoms with Crippen molar-refractivity contribution in [3.8, 4) is 11.5 Å². The zero-order valence-corrected chi connectivity index (χ0v) is 13.7. The molecule has 0 amide bonds.